The van der Waals surface area contributed by atoms with E-state index in [9.17, 15) is 0 Å². The monoisotopic (exact) mass is 249 g/mol. The normalized spacial score (nSPS) is 17.4. The van der Waals surface area contributed by atoms with Crippen molar-refractivity contribution < 1.29 is 0 Å². The summed E-state index contributed by atoms with van der Waals surface area (Å²) in [6.07, 6.45) is 2.22. The summed E-state index contributed by atoms with van der Waals surface area (Å²) in [7, 11) is 0. The molecular formula is C18H19N. The number of benzene rings is 2. The minimum atomic E-state index is 0.264. The zero-order valence-electron chi connectivity index (χ0n) is 11.7. The van der Waals surface area contributed by atoms with E-state index < -0.39 is 0 Å². The van der Waals surface area contributed by atoms with Crippen LogP contribution in [0.5, 0.6) is 0 Å². The SMILES string of the molecule is CC1=Cc2ccccc2C(c2cc(C)cc(C)c2)N1. The Morgan fingerprint density at radius 2 is 1.58 bits per heavy atom. The number of aryl methyl sites for hydroxylation is 2. The van der Waals surface area contributed by atoms with Crippen LogP contribution in [0.25, 0.3) is 6.08 Å². The number of rotatable bonds is 1. The molecule has 1 heteroatoms. The molecule has 1 aliphatic heterocycles. The molecule has 0 amide bonds. The summed E-state index contributed by atoms with van der Waals surface area (Å²) < 4.78 is 0. The maximum Gasteiger partial charge on any atom is 0.0770 e. The molecule has 19 heavy (non-hydrogen) atoms. The van der Waals surface area contributed by atoms with Gasteiger partial charge in [-0.3, -0.25) is 0 Å². The standard InChI is InChI=1S/C18H19N/c1-12-8-13(2)10-16(9-12)18-17-7-5-4-6-15(17)11-14(3)19-18/h4-11,18-19H,1-3H3. The third-order valence-corrected chi connectivity index (χ3v) is 3.63. The first-order chi connectivity index (χ1) is 9.13. The lowest BCUT2D eigenvalue weighted by Crippen LogP contribution is -2.24. The van der Waals surface area contributed by atoms with Crippen LogP contribution < -0.4 is 5.32 Å². The maximum atomic E-state index is 3.60. The van der Waals surface area contributed by atoms with Crippen LogP contribution in [0.15, 0.2) is 48.2 Å². The van der Waals surface area contributed by atoms with Gasteiger partial charge < -0.3 is 5.32 Å². The van der Waals surface area contributed by atoms with Gasteiger partial charge in [0.2, 0.25) is 0 Å². The quantitative estimate of drug-likeness (QED) is 0.792. The average molecular weight is 249 g/mol. The second-order valence-electron chi connectivity index (χ2n) is 5.45. The molecule has 3 rings (SSSR count). The number of nitrogens with one attached hydrogen (secondary N) is 1. The lowest BCUT2D eigenvalue weighted by Gasteiger charge is -2.27. The van der Waals surface area contributed by atoms with E-state index in [1.54, 1.807) is 0 Å². The minimum Gasteiger partial charge on any atom is -0.378 e. The van der Waals surface area contributed by atoms with Gasteiger partial charge in [-0.1, -0.05) is 53.6 Å². The summed E-state index contributed by atoms with van der Waals surface area (Å²) in [4.78, 5) is 0. The topological polar surface area (TPSA) is 12.0 Å². The van der Waals surface area contributed by atoms with Gasteiger partial charge in [0.25, 0.3) is 0 Å². The van der Waals surface area contributed by atoms with E-state index >= 15 is 0 Å². The molecule has 0 radical (unpaired) electrons. The molecule has 2 aromatic carbocycles. The fraction of sp³-hybridized carbons (Fsp3) is 0.222. The van der Waals surface area contributed by atoms with Crippen molar-refractivity contribution in [2.45, 2.75) is 26.8 Å². The van der Waals surface area contributed by atoms with Crippen molar-refractivity contribution in [2.24, 2.45) is 0 Å². The van der Waals surface area contributed by atoms with Crippen molar-refractivity contribution in [1.82, 2.24) is 5.32 Å². The zero-order valence-corrected chi connectivity index (χ0v) is 11.7. The van der Waals surface area contributed by atoms with Gasteiger partial charge in [0.05, 0.1) is 6.04 Å². The van der Waals surface area contributed by atoms with Crippen molar-refractivity contribution in [3.05, 3.63) is 76.0 Å². The molecule has 1 heterocycles. The second kappa shape index (κ2) is 4.58. The molecule has 0 aliphatic carbocycles. The first-order valence-electron chi connectivity index (χ1n) is 6.75. The minimum absolute atomic E-state index is 0.264. The van der Waals surface area contributed by atoms with Crippen LogP contribution in [0.4, 0.5) is 0 Å². The Hall–Kier alpha value is -2.02. The highest BCUT2D eigenvalue weighted by molar-refractivity contribution is 5.61. The number of allylic oxidation sites excluding steroid dienone is 1. The van der Waals surface area contributed by atoms with Crippen LogP contribution in [0.1, 0.15) is 40.8 Å². The second-order valence-corrected chi connectivity index (χ2v) is 5.45. The molecule has 0 spiro atoms. The van der Waals surface area contributed by atoms with E-state index in [0.717, 1.165) is 0 Å². The highest BCUT2D eigenvalue weighted by Gasteiger charge is 2.20. The molecule has 0 bridgehead atoms. The first kappa shape index (κ1) is 12.0. The van der Waals surface area contributed by atoms with E-state index in [0.29, 0.717) is 0 Å². The summed E-state index contributed by atoms with van der Waals surface area (Å²) in [5, 5.41) is 3.60. The first-order valence-corrected chi connectivity index (χ1v) is 6.75. The van der Waals surface area contributed by atoms with Crippen molar-refractivity contribution in [3.8, 4) is 0 Å². The summed E-state index contributed by atoms with van der Waals surface area (Å²) in [5.41, 5.74) is 7.89. The number of hydrogen-bond donors (Lipinski definition) is 1. The van der Waals surface area contributed by atoms with E-state index in [2.05, 4.69) is 74.6 Å². The Morgan fingerprint density at radius 1 is 0.895 bits per heavy atom. The van der Waals surface area contributed by atoms with Gasteiger partial charge in [-0.2, -0.15) is 0 Å². The largest absolute Gasteiger partial charge is 0.378 e. The lowest BCUT2D eigenvalue weighted by atomic mass is 9.90. The molecule has 1 unspecified atom stereocenters. The average Bonchev–Trinajstić information content (AvgIpc) is 2.36. The van der Waals surface area contributed by atoms with Crippen LogP contribution in [0, 0.1) is 13.8 Å². The third kappa shape index (κ3) is 2.28. The van der Waals surface area contributed by atoms with Gasteiger partial charge in [-0.25, -0.2) is 0 Å². The maximum absolute atomic E-state index is 3.60. The molecule has 1 atom stereocenters. The summed E-state index contributed by atoms with van der Waals surface area (Å²) >= 11 is 0. The zero-order chi connectivity index (χ0) is 13.4. The van der Waals surface area contributed by atoms with E-state index in [1.165, 1.54) is 33.5 Å². The Bertz CT molecular complexity index is 632. The molecule has 0 aromatic heterocycles. The lowest BCUT2D eigenvalue weighted by molar-refractivity contribution is 0.683. The van der Waals surface area contributed by atoms with Crippen molar-refractivity contribution in [2.75, 3.05) is 0 Å². The molecule has 1 aliphatic rings. The van der Waals surface area contributed by atoms with Crippen LogP contribution in [0.2, 0.25) is 0 Å². The van der Waals surface area contributed by atoms with E-state index in [1.807, 2.05) is 0 Å². The van der Waals surface area contributed by atoms with Crippen molar-refractivity contribution >= 4 is 6.08 Å². The third-order valence-electron chi connectivity index (χ3n) is 3.63. The van der Waals surface area contributed by atoms with E-state index in [-0.39, 0.29) is 6.04 Å². The van der Waals surface area contributed by atoms with Crippen LogP contribution in [-0.2, 0) is 0 Å². The summed E-state index contributed by atoms with van der Waals surface area (Å²) in [6.45, 7) is 6.45. The summed E-state index contributed by atoms with van der Waals surface area (Å²) in [5.74, 6) is 0. The molecule has 0 saturated heterocycles. The number of fused-ring (bicyclic) bond motifs is 1. The van der Waals surface area contributed by atoms with Gasteiger partial charge in [0.15, 0.2) is 0 Å². The Morgan fingerprint density at radius 3 is 2.32 bits per heavy atom. The fourth-order valence-corrected chi connectivity index (χ4v) is 2.93. The van der Waals surface area contributed by atoms with E-state index in [4.69, 9.17) is 0 Å². The highest BCUT2D eigenvalue weighted by Crippen LogP contribution is 2.31. The Labute approximate surface area is 115 Å². The van der Waals surface area contributed by atoms with Crippen LogP contribution in [0.3, 0.4) is 0 Å². The Kier molecular flexibility index (Phi) is 2.90. The van der Waals surface area contributed by atoms with Crippen LogP contribution >= 0.6 is 0 Å². The van der Waals surface area contributed by atoms with Gasteiger partial charge in [-0.15, -0.1) is 0 Å². The predicted molar refractivity (Wildman–Crippen MR) is 81.0 cm³/mol. The molecule has 96 valence electrons. The molecule has 2 aromatic rings. The molecule has 0 saturated carbocycles. The molecule has 1 nitrogen and oxygen atoms in total. The van der Waals surface area contributed by atoms with Gasteiger partial charge in [-0.05, 0) is 43.5 Å². The number of hydrogen-bond acceptors (Lipinski definition) is 1. The van der Waals surface area contributed by atoms with Crippen LogP contribution in [-0.4, -0.2) is 0 Å². The Balaban J connectivity index is 2.13. The molecular weight excluding hydrogens is 230 g/mol. The summed E-state index contributed by atoms with van der Waals surface area (Å²) in [6, 6.07) is 15.7. The molecule has 1 N–H and O–H groups in total. The van der Waals surface area contributed by atoms with Crippen molar-refractivity contribution in [1.29, 1.82) is 0 Å². The predicted octanol–water partition coefficient (Wildman–Crippen LogP) is 4.36. The highest BCUT2D eigenvalue weighted by atomic mass is 14.9. The van der Waals surface area contributed by atoms with Gasteiger partial charge in [0, 0.05) is 5.70 Å². The molecule has 0 fully saturated rings. The van der Waals surface area contributed by atoms with Gasteiger partial charge >= 0.3 is 0 Å². The van der Waals surface area contributed by atoms with Gasteiger partial charge in [0.1, 0.15) is 0 Å². The smallest absolute Gasteiger partial charge is 0.0770 e. The fourth-order valence-electron chi connectivity index (χ4n) is 2.93. The van der Waals surface area contributed by atoms with Crippen molar-refractivity contribution in [3.63, 3.8) is 0 Å².